The second kappa shape index (κ2) is 7.33. The first-order valence-electron chi connectivity index (χ1n) is 6.90. The molecule has 19 heavy (non-hydrogen) atoms. The zero-order chi connectivity index (χ0) is 14.4. The summed E-state index contributed by atoms with van der Waals surface area (Å²) in [5.74, 6) is -0.962. The van der Waals surface area contributed by atoms with Gasteiger partial charge in [0.2, 0.25) is 0 Å². The minimum Gasteiger partial charge on any atom is -0.480 e. The number of nitrogens with zero attached hydrogens (tertiary/aromatic N) is 2. The van der Waals surface area contributed by atoms with Crippen molar-refractivity contribution in [1.82, 2.24) is 15.1 Å². The largest absolute Gasteiger partial charge is 0.480 e. The van der Waals surface area contributed by atoms with E-state index >= 15 is 0 Å². The van der Waals surface area contributed by atoms with Gasteiger partial charge < -0.3 is 20.2 Å². The summed E-state index contributed by atoms with van der Waals surface area (Å²) >= 11 is 0. The maximum atomic E-state index is 12.1. The van der Waals surface area contributed by atoms with Crippen molar-refractivity contribution in [3.8, 4) is 0 Å². The van der Waals surface area contributed by atoms with Gasteiger partial charge in [-0.2, -0.15) is 0 Å². The van der Waals surface area contributed by atoms with E-state index in [1.165, 1.54) is 0 Å². The highest BCUT2D eigenvalue weighted by Crippen LogP contribution is 2.14. The molecule has 2 amide bonds. The molecular formula is C13H25N3O3. The Labute approximate surface area is 114 Å². The van der Waals surface area contributed by atoms with Crippen molar-refractivity contribution in [2.45, 2.75) is 44.7 Å². The molecule has 2 N–H and O–H groups in total. The molecule has 0 spiro atoms. The summed E-state index contributed by atoms with van der Waals surface area (Å²) < 4.78 is 0. The third-order valence-electron chi connectivity index (χ3n) is 3.59. The SMILES string of the molecule is CCC[C@@H](NC(=O)N1CCCC(N(C)C)C1)C(=O)O. The zero-order valence-corrected chi connectivity index (χ0v) is 12.1. The van der Waals surface area contributed by atoms with Gasteiger partial charge in [0, 0.05) is 19.1 Å². The van der Waals surface area contributed by atoms with Crippen LogP contribution in [0.2, 0.25) is 0 Å². The molecule has 2 atom stereocenters. The van der Waals surface area contributed by atoms with Crippen LogP contribution in [0.15, 0.2) is 0 Å². The fraction of sp³-hybridized carbons (Fsp3) is 0.846. The monoisotopic (exact) mass is 271 g/mol. The number of urea groups is 1. The Morgan fingerprint density at radius 1 is 1.47 bits per heavy atom. The number of carbonyl (C=O) groups excluding carboxylic acids is 1. The highest BCUT2D eigenvalue weighted by atomic mass is 16.4. The number of carbonyl (C=O) groups is 2. The van der Waals surface area contributed by atoms with Crippen molar-refractivity contribution in [3.05, 3.63) is 0 Å². The van der Waals surface area contributed by atoms with Crippen LogP contribution in [-0.4, -0.2) is 66.2 Å². The summed E-state index contributed by atoms with van der Waals surface area (Å²) in [5.41, 5.74) is 0. The Balaban J connectivity index is 2.54. The Kier molecular flexibility index (Phi) is 6.08. The third kappa shape index (κ3) is 4.70. The molecule has 1 saturated heterocycles. The van der Waals surface area contributed by atoms with Crippen LogP contribution in [0.25, 0.3) is 0 Å². The summed E-state index contributed by atoms with van der Waals surface area (Å²) in [7, 11) is 4.01. The summed E-state index contributed by atoms with van der Waals surface area (Å²) in [6.45, 7) is 3.27. The van der Waals surface area contributed by atoms with E-state index in [2.05, 4.69) is 10.2 Å². The predicted octanol–water partition coefficient (Wildman–Crippen LogP) is 0.975. The van der Waals surface area contributed by atoms with Gasteiger partial charge in [0.15, 0.2) is 0 Å². The number of carboxylic acids is 1. The molecule has 0 aliphatic carbocycles. The van der Waals surface area contributed by atoms with E-state index < -0.39 is 12.0 Å². The van der Waals surface area contributed by atoms with Gasteiger partial charge in [-0.15, -0.1) is 0 Å². The van der Waals surface area contributed by atoms with Gasteiger partial charge in [-0.25, -0.2) is 9.59 Å². The molecule has 0 aromatic carbocycles. The number of rotatable bonds is 5. The van der Waals surface area contributed by atoms with E-state index in [1.54, 1.807) is 4.90 Å². The van der Waals surface area contributed by atoms with Gasteiger partial charge in [-0.05, 0) is 33.4 Å². The minimum absolute atomic E-state index is 0.257. The van der Waals surface area contributed by atoms with E-state index in [0.717, 1.165) is 19.3 Å². The van der Waals surface area contributed by atoms with Crippen LogP contribution >= 0.6 is 0 Å². The normalized spacial score (nSPS) is 21.3. The number of nitrogens with one attached hydrogen (secondary N) is 1. The molecule has 0 aromatic rings. The highest BCUT2D eigenvalue weighted by Gasteiger charge is 2.27. The lowest BCUT2D eigenvalue weighted by Gasteiger charge is -2.36. The topological polar surface area (TPSA) is 72.9 Å². The Morgan fingerprint density at radius 2 is 2.16 bits per heavy atom. The van der Waals surface area contributed by atoms with E-state index in [0.29, 0.717) is 25.6 Å². The summed E-state index contributed by atoms with van der Waals surface area (Å²) in [6, 6.07) is -0.682. The van der Waals surface area contributed by atoms with Crippen molar-refractivity contribution < 1.29 is 14.7 Å². The molecule has 1 unspecified atom stereocenters. The van der Waals surface area contributed by atoms with Gasteiger partial charge in [0.1, 0.15) is 6.04 Å². The smallest absolute Gasteiger partial charge is 0.326 e. The van der Waals surface area contributed by atoms with E-state index in [4.69, 9.17) is 5.11 Å². The molecule has 0 saturated carbocycles. The van der Waals surface area contributed by atoms with Crippen LogP contribution in [-0.2, 0) is 4.79 Å². The average Bonchev–Trinajstić information content (AvgIpc) is 2.38. The van der Waals surface area contributed by atoms with Crippen molar-refractivity contribution in [3.63, 3.8) is 0 Å². The number of carboxylic acid groups (broad SMARTS) is 1. The van der Waals surface area contributed by atoms with Crippen molar-refractivity contribution in [2.75, 3.05) is 27.2 Å². The molecule has 1 fully saturated rings. The second-order valence-electron chi connectivity index (χ2n) is 5.33. The Bertz CT molecular complexity index is 320. The van der Waals surface area contributed by atoms with Crippen LogP contribution < -0.4 is 5.32 Å². The molecule has 1 rings (SSSR count). The lowest BCUT2D eigenvalue weighted by molar-refractivity contribution is -0.139. The molecular weight excluding hydrogens is 246 g/mol. The van der Waals surface area contributed by atoms with Crippen LogP contribution in [0.4, 0.5) is 4.79 Å². The highest BCUT2D eigenvalue weighted by molar-refractivity contribution is 5.82. The fourth-order valence-electron chi connectivity index (χ4n) is 2.35. The molecule has 0 bridgehead atoms. The van der Waals surface area contributed by atoms with Gasteiger partial charge in [-0.3, -0.25) is 0 Å². The van der Waals surface area contributed by atoms with Gasteiger partial charge in [0.05, 0.1) is 0 Å². The van der Waals surface area contributed by atoms with E-state index in [-0.39, 0.29) is 6.03 Å². The standard InChI is InChI=1S/C13H25N3O3/c1-4-6-11(12(17)18)14-13(19)16-8-5-7-10(9-16)15(2)3/h10-11H,4-9H2,1-3H3,(H,14,19)(H,17,18)/t10?,11-/m1/s1. The molecule has 0 radical (unpaired) electrons. The first kappa shape index (κ1) is 15.8. The van der Waals surface area contributed by atoms with Gasteiger partial charge in [0.25, 0.3) is 0 Å². The fourth-order valence-corrected chi connectivity index (χ4v) is 2.35. The molecule has 1 aliphatic rings. The van der Waals surface area contributed by atoms with Crippen molar-refractivity contribution >= 4 is 12.0 Å². The predicted molar refractivity (Wildman–Crippen MR) is 73.1 cm³/mol. The summed E-state index contributed by atoms with van der Waals surface area (Å²) in [5, 5.41) is 11.7. The van der Waals surface area contributed by atoms with Crippen molar-refractivity contribution in [1.29, 1.82) is 0 Å². The van der Waals surface area contributed by atoms with Crippen LogP contribution in [0, 0.1) is 0 Å². The maximum absolute atomic E-state index is 12.1. The molecule has 0 aromatic heterocycles. The van der Waals surface area contributed by atoms with E-state index in [1.807, 2.05) is 21.0 Å². The number of piperidine rings is 1. The lowest BCUT2D eigenvalue weighted by atomic mass is 10.1. The molecule has 1 heterocycles. The first-order chi connectivity index (χ1) is 8.95. The first-order valence-corrected chi connectivity index (χ1v) is 6.90. The summed E-state index contributed by atoms with van der Waals surface area (Å²) in [4.78, 5) is 27.0. The zero-order valence-electron chi connectivity index (χ0n) is 12.1. The molecule has 6 nitrogen and oxygen atoms in total. The third-order valence-corrected chi connectivity index (χ3v) is 3.59. The number of aliphatic carboxylic acids is 1. The Hall–Kier alpha value is -1.30. The van der Waals surface area contributed by atoms with Crippen LogP contribution in [0.3, 0.4) is 0 Å². The molecule has 1 aliphatic heterocycles. The van der Waals surface area contributed by atoms with Crippen LogP contribution in [0.5, 0.6) is 0 Å². The Morgan fingerprint density at radius 3 is 2.68 bits per heavy atom. The quantitative estimate of drug-likeness (QED) is 0.781. The number of likely N-dealkylation sites (tertiary alicyclic amines) is 1. The summed E-state index contributed by atoms with van der Waals surface area (Å²) in [6.07, 6.45) is 3.24. The number of amides is 2. The average molecular weight is 271 g/mol. The number of hydrogen-bond donors (Lipinski definition) is 2. The number of likely N-dealkylation sites (N-methyl/N-ethyl adjacent to an activating group) is 1. The second-order valence-corrected chi connectivity index (χ2v) is 5.33. The van der Waals surface area contributed by atoms with E-state index in [9.17, 15) is 9.59 Å². The van der Waals surface area contributed by atoms with Gasteiger partial charge >= 0.3 is 12.0 Å². The molecule has 6 heteroatoms. The minimum atomic E-state index is -0.962. The molecule has 110 valence electrons. The number of hydrogen-bond acceptors (Lipinski definition) is 3. The van der Waals surface area contributed by atoms with Crippen molar-refractivity contribution in [2.24, 2.45) is 0 Å². The maximum Gasteiger partial charge on any atom is 0.326 e. The van der Waals surface area contributed by atoms with Gasteiger partial charge in [-0.1, -0.05) is 13.3 Å². The van der Waals surface area contributed by atoms with Crippen LogP contribution in [0.1, 0.15) is 32.6 Å². The lowest BCUT2D eigenvalue weighted by Crippen LogP contribution is -2.53.